The molecule has 0 unspecified atom stereocenters. The van der Waals surface area contributed by atoms with E-state index in [1.807, 2.05) is 30.3 Å². The number of aryl methyl sites for hydroxylation is 1. The molecule has 7 rings (SSSR count). The molecular weight excluding hydrogens is 701 g/mol. The van der Waals surface area contributed by atoms with E-state index in [2.05, 4.69) is 67.8 Å². The van der Waals surface area contributed by atoms with Gasteiger partial charge in [-0.25, -0.2) is 4.79 Å². The summed E-state index contributed by atoms with van der Waals surface area (Å²) < 4.78 is 34.4. The van der Waals surface area contributed by atoms with E-state index in [4.69, 9.17) is 8.85 Å². The van der Waals surface area contributed by atoms with Crippen LogP contribution >= 0.6 is 0 Å². The van der Waals surface area contributed by atoms with Gasteiger partial charge >= 0.3 is 5.69 Å². The number of aromatic nitrogens is 3. The molecule has 0 N–H and O–H groups in total. The summed E-state index contributed by atoms with van der Waals surface area (Å²) in [5, 5.41) is 2.13. The zero-order valence-electron chi connectivity index (χ0n) is 26.2. The van der Waals surface area contributed by atoms with E-state index in [0.717, 1.165) is 32.1 Å². The second-order valence-electron chi connectivity index (χ2n) is 11.1. The van der Waals surface area contributed by atoms with Crippen LogP contribution < -0.4 is 10.4 Å². The molecule has 2 heterocycles. The van der Waals surface area contributed by atoms with Gasteiger partial charge in [-0.3, -0.25) is 9.13 Å². The Morgan fingerprint density at radius 2 is 1.48 bits per heavy atom. The van der Waals surface area contributed by atoms with Crippen molar-refractivity contribution >= 4 is 32.8 Å². The molecule has 42 heavy (non-hydrogen) atoms. The summed E-state index contributed by atoms with van der Waals surface area (Å²) in [6.45, 7) is 3.93. The van der Waals surface area contributed by atoms with Crippen LogP contribution in [0.2, 0.25) is 0 Å². The molecule has 0 amide bonds. The van der Waals surface area contributed by atoms with E-state index in [9.17, 15) is 4.79 Å². The number of para-hydroxylation sites is 3. The molecule has 0 bridgehead atoms. The van der Waals surface area contributed by atoms with Crippen LogP contribution in [0.4, 0.5) is 0 Å². The first-order valence-electron chi connectivity index (χ1n) is 14.9. The fourth-order valence-electron chi connectivity index (χ4n) is 5.36. The molecule has 0 aliphatic carbocycles. The van der Waals surface area contributed by atoms with Crippen LogP contribution in [0.3, 0.4) is 0 Å². The third-order valence-corrected chi connectivity index (χ3v) is 7.41. The Hall–Kier alpha value is -4.34. The Kier molecular flexibility index (Phi) is 6.06. The van der Waals surface area contributed by atoms with Crippen LogP contribution in [0.5, 0.6) is 11.5 Å². The molecule has 5 nitrogen and oxygen atoms in total. The Bertz CT molecular complexity index is 2270. The Morgan fingerprint density at radius 1 is 0.738 bits per heavy atom. The number of benzene rings is 5. The van der Waals surface area contributed by atoms with Gasteiger partial charge in [0.15, 0.2) is 0 Å². The Morgan fingerprint density at radius 3 is 2.26 bits per heavy atom. The number of rotatable bonds is 4. The molecule has 212 valence electrons. The van der Waals surface area contributed by atoms with E-state index in [1.165, 1.54) is 10.1 Å². The van der Waals surface area contributed by atoms with Crippen molar-refractivity contribution in [2.75, 3.05) is 0 Å². The second-order valence-corrected chi connectivity index (χ2v) is 11.1. The minimum atomic E-state index is -2.64. The van der Waals surface area contributed by atoms with Crippen molar-refractivity contribution in [2.24, 2.45) is 6.98 Å². The Labute approximate surface area is 263 Å². The van der Waals surface area contributed by atoms with Crippen molar-refractivity contribution in [3.05, 3.63) is 131 Å². The molecule has 0 saturated carbocycles. The van der Waals surface area contributed by atoms with E-state index in [0.29, 0.717) is 28.2 Å². The van der Waals surface area contributed by atoms with Crippen LogP contribution in [0.15, 0.2) is 102 Å². The Balaban J connectivity index is 0.00000357. The monoisotopic (exact) mass is 732 g/mol. The molecule has 0 fully saturated rings. The molecule has 0 spiro atoms. The van der Waals surface area contributed by atoms with Gasteiger partial charge in [0.1, 0.15) is 0 Å². The number of hydrogen-bond donors (Lipinski definition) is 0. The number of ether oxygens (including phenoxy) is 1. The fraction of sp³-hybridized carbons (Fsp3) is 0.139. The molecule has 2 aromatic heterocycles. The summed E-state index contributed by atoms with van der Waals surface area (Å²) in [5.74, 6) is 0.832. The number of nitrogens with zero attached hydrogens (tertiary/aromatic N) is 3. The first-order chi connectivity index (χ1) is 21.0. The van der Waals surface area contributed by atoms with Crippen molar-refractivity contribution < 1.29 is 29.9 Å². The number of fused-ring (bicyclic) bond motifs is 4. The van der Waals surface area contributed by atoms with Gasteiger partial charge in [-0.15, -0.1) is 41.8 Å². The van der Waals surface area contributed by atoms with Crippen molar-refractivity contribution in [1.82, 2.24) is 13.7 Å². The van der Waals surface area contributed by atoms with Crippen LogP contribution in [0.25, 0.3) is 44.2 Å². The third-order valence-electron chi connectivity index (χ3n) is 7.41. The zero-order chi connectivity index (χ0) is 30.8. The van der Waals surface area contributed by atoms with E-state index in [1.54, 1.807) is 42.5 Å². The molecule has 6 heteroatoms. The normalized spacial score (nSPS) is 13.1. The maximum Gasteiger partial charge on any atom is 0.331 e. The van der Waals surface area contributed by atoms with Crippen molar-refractivity contribution in [1.29, 1.82) is 0 Å². The van der Waals surface area contributed by atoms with Gasteiger partial charge in [-0.2, -0.15) is 35.9 Å². The molecule has 0 aliphatic heterocycles. The summed E-state index contributed by atoms with van der Waals surface area (Å²) in [4.78, 5) is 13.4. The minimum Gasteiger partial charge on any atom is -0.509 e. The first kappa shape index (κ1) is 24.3. The topological polar surface area (TPSA) is 41.1 Å². The minimum absolute atomic E-state index is 0. The summed E-state index contributed by atoms with van der Waals surface area (Å²) in [6, 6.07) is 40.4. The first-order valence-corrected chi connectivity index (χ1v) is 13.4. The van der Waals surface area contributed by atoms with Gasteiger partial charge in [0, 0.05) is 49.2 Å². The van der Waals surface area contributed by atoms with Crippen molar-refractivity contribution in [2.45, 2.75) is 26.2 Å². The molecular formula is C36H28N3O2Pt-3. The predicted octanol–water partition coefficient (Wildman–Crippen LogP) is 7.91. The van der Waals surface area contributed by atoms with Gasteiger partial charge < -0.3 is 9.30 Å². The second kappa shape index (κ2) is 10.5. The largest absolute Gasteiger partial charge is 0.509 e. The third kappa shape index (κ3) is 4.58. The number of imidazole rings is 1. The van der Waals surface area contributed by atoms with Gasteiger partial charge in [0.2, 0.25) is 0 Å². The summed E-state index contributed by atoms with van der Waals surface area (Å²) in [7, 11) is 0. The quantitative estimate of drug-likeness (QED) is 0.173. The average molecular weight is 733 g/mol. The SMILES string of the molecule is [2H]C([2H])([2H])n1c(=O)n(-c2[c-]c(Oc3[c-]c4c(cc3)c3ccccc3n4-c3[c-]ccc(C(C)(C)C)c3)ccc2)c2ccccc21.[Pt]. The number of hydrogen-bond acceptors (Lipinski definition) is 2. The standard InChI is InChI=1S/C36H28N3O2.Pt/c1-36(2,3)24-11-9-12-25(21-24)38-31-16-6-5-15-29(31)30-20-19-28(23-34(30)38)41-27-14-10-13-26(22-27)39-33-18-8-7-17-32(33)37(4)35(39)40;/h5-11,13-21H,1-4H3;/q-3;/i4D3;. The molecule has 5 aromatic carbocycles. The average Bonchev–Trinajstić information content (AvgIpc) is 3.48. The van der Waals surface area contributed by atoms with Gasteiger partial charge in [-0.1, -0.05) is 68.0 Å². The van der Waals surface area contributed by atoms with Crippen LogP contribution in [0.1, 0.15) is 30.4 Å². The van der Waals surface area contributed by atoms with Gasteiger partial charge in [-0.05, 0) is 29.0 Å². The molecule has 0 radical (unpaired) electrons. The molecule has 0 saturated heterocycles. The van der Waals surface area contributed by atoms with Crippen molar-refractivity contribution in [3.63, 3.8) is 0 Å². The smallest absolute Gasteiger partial charge is 0.331 e. The summed E-state index contributed by atoms with van der Waals surface area (Å²) in [6.07, 6.45) is 0. The zero-order valence-corrected chi connectivity index (χ0v) is 25.5. The van der Waals surface area contributed by atoms with Gasteiger partial charge in [0.25, 0.3) is 0 Å². The van der Waals surface area contributed by atoms with E-state index < -0.39 is 12.7 Å². The predicted molar refractivity (Wildman–Crippen MR) is 165 cm³/mol. The molecule has 7 aromatic rings. The maximum atomic E-state index is 13.4. The van der Waals surface area contributed by atoms with Crippen LogP contribution in [-0.2, 0) is 33.5 Å². The summed E-state index contributed by atoms with van der Waals surface area (Å²) >= 11 is 0. The van der Waals surface area contributed by atoms with Crippen molar-refractivity contribution in [3.8, 4) is 22.9 Å². The molecule has 0 aliphatic rings. The van der Waals surface area contributed by atoms with Crippen LogP contribution in [0, 0.1) is 18.2 Å². The van der Waals surface area contributed by atoms with E-state index >= 15 is 0 Å². The molecule has 0 atom stereocenters. The fourth-order valence-corrected chi connectivity index (χ4v) is 5.36. The summed E-state index contributed by atoms with van der Waals surface area (Å²) in [5.41, 5.74) is 4.45. The van der Waals surface area contributed by atoms with Crippen LogP contribution in [-0.4, -0.2) is 13.7 Å². The van der Waals surface area contributed by atoms with E-state index in [-0.39, 0.29) is 26.5 Å². The van der Waals surface area contributed by atoms with Gasteiger partial charge in [0.05, 0.1) is 11.0 Å². The maximum absolute atomic E-state index is 13.4.